The lowest BCUT2D eigenvalue weighted by Crippen LogP contribution is -2.39. The number of likely N-dealkylation sites (tertiary alicyclic amines) is 1. The van der Waals surface area contributed by atoms with Crippen LogP contribution >= 0.6 is 35.3 Å². The van der Waals surface area contributed by atoms with Crippen molar-refractivity contribution in [3.05, 3.63) is 52.2 Å². The second-order valence-electron chi connectivity index (χ2n) is 7.54. The lowest BCUT2D eigenvalue weighted by atomic mass is 9.96. The molecule has 0 saturated carbocycles. The summed E-state index contributed by atoms with van der Waals surface area (Å²) in [5.74, 6) is 2.55. The van der Waals surface area contributed by atoms with Crippen LogP contribution in [0.2, 0.25) is 0 Å². The summed E-state index contributed by atoms with van der Waals surface area (Å²) in [6.45, 7) is 8.16. The van der Waals surface area contributed by atoms with Gasteiger partial charge >= 0.3 is 0 Å². The zero-order valence-corrected chi connectivity index (χ0v) is 21.2. The molecule has 2 aromatic rings. The predicted molar refractivity (Wildman–Crippen MR) is 138 cm³/mol. The molecule has 0 unspecified atom stereocenters. The Morgan fingerprint density at radius 3 is 2.57 bits per heavy atom. The van der Waals surface area contributed by atoms with Gasteiger partial charge in [-0.05, 0) is 74.3 Å². The highest BCUT2D eigenvalue weighted by atomic mass is 127. The number of hydrogen-bond acceptors (Lipinski definition) is 4. The molecular weight excluding hydrogens is 507 g/mol. The van der Waals surface area contributed by atoms with Crippen molar-refractivity contribution in [1.29, 1.82) is 0 Å². The molecule has 0 atom stereocenters. The number of halogens is 1. The van der Waals surface area contributed by atoms with Crippen LogP contribution in [-0.2, 0) is 13.0 Å². The van der Waals surface area contributed by atoms with Gasteiger partial charge in [0.05, 0.1) is 7.11 Å². The first-order valence-electron chi connectivity index (χ1n) is 10.7. The number of ether oxygens (including phenoxy) is 1. The lowest BCUT2D eigenvalue weighted by molar-refractivity contribution is 0.180. The molecule has 5 nitrogen and oxygen atoms in total. The number of nitrogens with one attached hydrogen (secondary N) is 2. The molecule has 1 aromatic heterocycles. The Labute approximate surface area is 202 Å². The minimum Gasteiger partial charge on any atom is -0.497 e. The van der Waals surface area contributed by atoms with Crippen molar-refractivity contribution in [2.75, 3.05) is 39.8 Å². The maximum Gasteiger partial charge on any atom is 0.191 e. The van der Waals surface area contributed by atoms with Crippen molar-refractivity contribution >= 4 is 41.3 Å². The van der Waals surface area contributed by atoms with Crippen LogP contribution in [-0.4, -0.2) is 50.7 Å². The molecule has 0 bridgehead atoms. The third-order valence-corrected chi connectivity index (χ3v) is 6.30. The first-order valence-corrected chi connectivity index (χ1v) is 11.5. The Balaban J connectivity index is 0.00000320. The second-order valence-corrected chi connectivity index (χ2v) is 8.58. The first-order chi connectivity index (χ1) is 14.3. The van der Waals surface area contributed by atoms with Gasteiger partial charge in [-0.2, -0.15) is 0 Å². The van der Waals surface area contributed by atoms with E-state index in [9.17, 15) is 0 Å². The SMILES string of the molecule is CCNC(=NCC1CCN(Cc2ccc(OC)cc2)CC1)NCCc1cccs1.I. The number of methoxy groups -OCH3 is 1. The Morgan fingerprint density at radius 2 is 1.93 bits per heavy atom. The molecule has 166 valence electrons. The fourth-order valence-electron chi connectivity index (χ4n) is 3.64. The van der Waals surface area contributed by atoms with Gasteiger partial charge in [0.25, 0.3) is 0 Å². The summed E-state index contributed by atoms with van der Waals surface area (Å²) in [5.41, 5.74) is 1.35. The predicted octanol–water partition coefficient (Wildman–Crippen LogP) is 4.38. The molecule has 0 radical (unpaired) electrons. The maximum atomic E-state index is 5.24. The second kappa shape index (κ2) is 13.9. The van der Waals surface area contributed by atoms with E-state index in [0.717, 1.165) is 57.4 Å². The van der Waals surface area contributed by atoms with E-state index in [1.54, 1.807) is 7.11 Å². The van der Waals surface area contributed by atoms with E-state index in [2.05, 4.69) is 52.1 Å². The molecule has 1 fully saturated rings. The summed E-state index contributed by atoms with van der Waals surface area (Å²) in [6.07, 6.45) is 3.48. The zero-order valence-electron chi connectivity index (χ0n) is 18.1. The highest BCUT2D eigenvalue weighted by Crippen LogP contribution is 2.20. The van der Waals surface area contributed by atoms with Crippen LogP contribution in [0.15, 0.2) is 46.8 Å². The molecule has 1 saturated heterocycles. The van der Waals surface area contributed by atoms with Gasteiger partial charge in [-0.1, -0.05) is 18.2 Å². The molecule has 0 spiro atoms. The highest BCUT2D eigenvalue weighted by Gasteiger charge is 2.19. The fraction of sp³-hybridized carbons (Fsp3) is 0.522. The average molecular weight is 543 g/mol. The molecular formula is C23H35IN4OS. The van der Waals surface area contributed by atoms with Crippen LogP contribution in [0.3, 0.4) is 0 Å². The standard InChI is InChI=1S/C23H34N4OS.HI/c1-3-24-23(25-13-10-22-5-4-16-29-22)26-17-19-11-14-27(15-12-19)18-20-6-8-21(28-2)9-7-20;/h4-9,16,19H,3,10-15,17-18H2,1-2H3,(H2,24,25,26);1H. The number of guanidine groups is 1. The van der Waals surface area contributed by atoms with Crippen LogP contribution in [0.1, 0.15) is 30.2 Å². The Morgan fingerprint density at radius 1 is 1.17 bits per heavy atom. The van der Waals surface area contributed by atoms with Gasteiger partial charge in [-0.3, -0.25) is 9.89 Å². The van der Waals surface area contributed by atoms with Crippen LogP contribution in [0.4, 0.5) is 0 Å². The van der Waals surface area contributed by atoms with E-state index < -0.39 is 0 Å². The number of thiophene rings is 1. The van der Waals surface area contributed by atoms with Gasteiger partial charge in [-0.15, -0.1) is 35.3 Å². The van der Waals surface area contributed by atoms with Gasteiger partial charge < -0.3 is 15.4 Å². The summed E-state index contributed by atoms with van der Waals surface area (Å²) in [5, 5.41) is 8.98. The van der Waals surface area contributed by atoms with E-state index >= 15 is 0 Å². The van der Waals surface area contributed by atoms with Crippen molar-refractivity contribution in [1.82, 2.24) is 15.5 Å². The van der Waals surface area contributed by atoms with Gasteiger partial charge in [0.1, 0.15) is 5.75 Å². The van der Waals surface area contributed by atoms with Crippen molar-refractivity contribution in [2.45, 2.75) is 32.7 Å². The largest absolute Gasteiger partial charge is 0.497 e. The van der Waals surface area contributed by atoms with Gasteiger partial charge in [0.2, 0.25) is 0 Å². The van der Waals surface area contributed by atoms with E-state index in [0.29, 0.717) is 5.92 Å². The van der Waals surface area contributed by atoms with Crippen LogP contribution in [0.25, 0.3) is 0 Å². The fourth-order valence-corrected chi connectivity index (χ4v) is 4.35. The lowest BCUT2D eigenvalue weighted by Gasteiger charge is -2.31. The quantitative estimate of drug-likeness (QED) is 0.281. The molecule has 1 aliphatic heterocycles. The minimum absolute atomic E-state index is 0. The number of piperidine rings is 1. The summed E-state index contributed by atoms with van der Waals surface area (Å²) >= 11 is 1.82. The molecule has 2 N–H and O–H groups in total. The molecule has 3 rings (SSSR count). The number of benzene rings is 1. The molecule has 1 aromatic carbocycles. The summed E-state index contributed by atoms with van der Waals surface area (Å²) in [7, 11) is 1.71. The zero-order chi connectivity index (χ0) is 20.3. The van der Waals surface area contributed by atoms with Gasteiger partial charge in [0, 0.05) is 31.1 Å². The Hall–Kier alpha value is -1.32. The number of rotatable bonds is 9. The monoisotopic (exact) mass is 542 g/mol. The third-order valence-electron chi connectivity index (χ3n) is 5.37. The highest BCUT2D eigenvalue weighted by molar-refractivity contribution is 14.0. The summed E-state index contributed by atoms with van der Waals surface area (Å²) in [4.78, 5) is 8.81. The number of nitrogens with zero attached hydrogens (tertiary/aromatic N) is 2. The smallest absolute Gasteiger partial charge is 0.191 e. The number of hydrogen-bond donors (Lipinski definition) is 2. The Bertz CT molecular complexity index is 728. The van der Waals surface area contributed by atoms with Crippen LogP contribution in [0.5, 0.6) is 5.75 Å². The minimum atomic E-state index is 0. The number of aliphatic imine (C=N–C) groups is 1. The van der Waals surface area contributed by atoms with E-state index in [4.69, 9.17) is 9.73 Å². The van der Waals surface area contributed by atoms with Crippen molar-refractivity contribution in [3.63, 3.8) is 0 Å². The normalized spacial score (nSPS) is 15.5. The topological polar surface area (TPSA) is 48.9 Å². The molecule has 2 heterocycles. The molecule has 0 aliphatic carbocycles. The van der Waals surface area contributed by atoms with Gasteiger partial charge in [0.15, 0.2) is 5.96 Å². The van der Waals surface area contributed by atoms with Gasteiger partial charge in [-0.25, -0.2) is 0 Å². The van der Waals surface area contributed by atoms with Crippen molar-refractivity contribution in [3.8, 4) is 5.75 Å². The average Bonchev–Trinajstić information content (AvgIpc) is 3.27. The van der Waals surface area contributed by atoms with E-state index in [1.807, 2.05) is 23.5 Å². The molecule has 1 aliphatic rings. The molecule has 7 heteroatoms. The summed E-state index contributed by atoms with van der Waals surface area (Å²) < 4.78 is 5.24. The van der Waals surface area contributed by atoms with Crippen LogP contribution < -0.4 is 15.4 Å². The maximum absolute atomic E-state index is 5.24. The van der Waals surface area contributed by atoms with E-state index in [-0.39, 0.29) is 24.0 Å². The summed E-state index contributed by atoms with van der Waals surface area (Å²) in [6, 6.07) is 12.7. The van der Waals surface area contributed by atoms with Crippen molar-refractivity contribution < 1.29 is 4.74 Å². The van der Waals surface area contributed by atoms with Crippen LogP contribution in [0, 0.1) is 5.92 Å². The van der Waals surface area contributed by atoms with Crippen molar-refractivity contribution in [2.24, 2.45) is 10.9 Å². The Kier molecular flexibility index (Phi) is 11.5. The molecule has 30 heavy (non-hydrogen) atoms. The first kappa shape index (κ1) is 24.9. The third kappa shape index (κ3) is 8.43. The molecule has 0 amide bonds. The van der Waals surface area contributed by atoms with E-state index in [1.165, 1.54) is 23.3 Å².